The van der Waals surface area contributed by atoms with Gasteiger partial charge in [0.1, 0.15) is 5.82 Å². The molecule has 2 heterocycles. The smallest absolute Gasteiger partial charge is 0.225 e. The predicted octanol–water partition coefficient (Wildman–Crippen LogP) is 1.53. The summed E-state index contributed by atoms with van der Waals surface area (Å²) >= 11 is 0. The largest absolute Gasteiger partial charge is 0.357 e. The van der Waals surface area contributed by atoms with Crippen molar-refractivity contribution in [3.05, 3.63) is 29.8 Å². The van der Waals surface area contributed by atoms with E-state index in [9.17, 15) is 9.18 Å². The molecule has 0 saturated carbocycles. The number of nitrogens with zero attached hydrogens (tertiary/aromatic N) is 3. The van der Waals surface area contributed by atoms with Crippen LogP contribution in [-0.2, 0) is 11.3 Å². The molecule has 0 aromatic carbocycles. The van der Waals surface area contributed by atoms with Crippen molar-refractivity contribution < 1.29 is 9.18 Å². The highest BCUT2D eigenvalue weighted by atomic mass is 19.1. The quantitative estimate of drug-likeness (QED) is 0.632. The van der Waals surface area contributed by atoms with Gasteiger partial charge in [0.25, 0.3) is 0 Å². The molecule has 6 nitrogen and oxygen atoms in total. The maximum atomic E-state index is 13.6. The molecule has 1 saturated heterocycles. The lowest BCUT2D eigenvalue weighted by atomic mass is 10.2. The third kappa shape index (κ3) is 4.91. The van der Waals surface area contributed by atoms with Crippen LogP contribution < -0.4 is 10.6 Å². The molecule has 1 atom stereocenters. The number of carbonyl (C=O) groups is 1. The number of carbonyl (C=O) groups excluding carboxylic acids is 1. The van der Waals surface area contributed by atoms with Gasteiger partial charge in [0.15, 0.2) is 5.96 Å². The molecule has 7 heteroatoms. The number of guanidine groups is 1. The third-order valence-corrected chi connectivity index (χ3v) is 3.90. The molecule has 1 aliphatic heterocycles. The molecule has 1 unspecified atom stereocenters. The highest BCUT2D eigenvalue weighted by molar-refractivity contribution is 5.81. The maximum absolute atomic E-state index is 13.6. The fourth-order valence-corrected chi connectivity index (χ4v) is 2.65. The number of amides is 1. The second kappa shape index (κ2) is 8.61. The molecular formula is C17H26FN5O. The number of hydrogen-bond acceptors (Lipinski definition) is 3. The molecule has 2 N–H and O–H groups in total. The summed E-state index contributed by atoms with van der Waals surface area (Å²) in [6, 6.07) is 3.09. The van der Waals surface area contributed by atoms with Crippen LogP contribution >= 0.6 is 0 Å². The first-order chi connectivity index (χ1) is 11.5. The van der Waals surface area contributed by atoms with Crippen LogP contribution in [-0.4, -0.2) is 47.4 Å². The number of aliphatic imine (C=N–C) groups is 1. The Morgan fingerprint density at radius 1 is 1.54 bits per heavy atom. The van der Waals surface area contributed by atoms with Gasteiger partial charge in [-0.2, -0.15) is 0 Å². The van der Waals surface area contributed by atoms with Gasteiger partial charge < -0.3 is 15.5 Å². The van der Waals surface area contributed by atoms with Crippen molar-refractivity contribution in [3.63, 3.8) is 0 Å². The van der Waals surface area contributed by atoms with Crippen LogP contribution in [0.15, 0.2) is 23.3 Å². The van der Waals surface area contributed by atoms with E-state index < -0.39 is 0 Å². The van der Waals surface area contributed by atoms with E-state index in [4.69, 9.17) is 0 Å². The second-order valence-electron chi connectivity index (χ2n) is 6.20. The van der Waals surface area contributed by atoms with E-state index >= 15 is 0 Å². The van der Waals surface area contributed by atoms with E-state index in [0.717, 1.165) is 13.0 Å². The molecule has 24 heavy (non-hydrogen) atoms. The molecule has 1 fully saturated rings. The number of halogens is 1. The average molecular weight is 335 g/mol. The average Bonchev–Trinajstić information content (AvgIpc) is 3.01. The standard InChI is InChI=1S/C17H26FN5O/c1-4-19-17(21-10-15-14(18)6-5-8-20-15)22-13-7-9-23(11-13)16(24)12(2)3/h5-6,8,12-13H,4,7,9-11H2,1-3H3,(H2,19,21,22). The summed E-state index contributed by atoms with van der Waals surface area (Å²) in [4.78, 5) is 22.3. The minimum absolute atomic E-state index is 0.0118. The van der Waals surface area contributed by atoms with E-state index in [-0.39, 0.29) is 30.2 Å². The van der Waals surface area contributed by atoms with Crippen LogP contribution in [0, 0.1) is 11.7 Å². The van der Waals surface area contributed by atoms with E-state index in [0.29, 0.717) is 24.7 Å². The fourth-order valence-electron chi connectivity index (χ4n) is 2.65. The Labute approximate surface area is 142 Å². The van der Waals surface area contributed by atoms with Gasteiger partial charge in [-0.25, -0.2) is 9.38 Å². The third-order valence-electron chi connectivity index (χ3n) is 3.90. The van der Waals surface area contributed by atoms with Gasteiger partial charge in [0.05, 0.1) is 12.2 Å². The Kier molecular flexibility index (Phi) is 6.52. The van der Waals surface area contributed by atoms with Gasteiger partial charge in [-0.05, 0) is 25.5 Å². The Hall–Kier alpha value is -2.18. The molecule has 1 aromatic heterocycles. The first kappa shape index (κ1) is 18.2. The first-order valence-electron chi connectivity index (χ1n) is 8.44. The van der Waals surface area contributed by atoms with Crippen LogP contribution in [0.2, 0.25) is 0 Å². The van der Waals surface area contributed by atoms with Gasteiger partial charge in [-0.1, -0.05) is 13.8 Å². The Morgan fingerprint density at radius 2 is 2.33 bits per heavy atom. The monoisotopic (exact) mass is 335 g/mol. The minimum Gasteiger partial charge on any atom is -0.357 e. The summed E-state index contributed by atoms with van der Waals surface area (Å²) in [5.74, 6) is 0.452. The summed E-state index contributed by atoms with van der Waals surface area (Å²) < 4.78 is 13.6. The molecule has 0 radical (unpaired) electrons. The number of aromatic nitrogens is 1. The fraction of sp³-hybridized carbons (Fsp3) is 0.588. The molecule has 0 bridgehead atoms. The normalized spacial score (nSPS) is 18.1. The van der Waals surface area contributed by atoms with E-state index in [1.54, 1.807) is 12.3 Å². The van der Waals surface area contributed by atoms with Gasteiger partial charge in [-0.3, -0.25) is 9.78 Å². The van der Waals surface area contributed by atoms with Gasteiger partial charge in [0, 0.05) is 37.8 Å². The van der Waals surface area contributed by atoms with Crippen molar-refractivity contribution in [2.75, 3.05) is 19.6 Å². The topological polar surface area (TPSA) is 69.6 Å². The summed E-state index contributed by atoms with van der Waals surface area (Å²) in [5.41, 5.74) is 0.317. The van der Waals surface area contributed by atoms with Crippen molar-refractivity contribution >= 4 is 11.9 Å². The summed E-state index contributed by atoms with van der Waals surface area (Å²) in [7, 11) is 0. The molecule has 132 valence electrons. The van der Waals surface area contributed by atoms with Crippen molar-refractivity contribution in [1.82, 2.24) is 20.5 Å². The Bertz CT molecular complexity index is 590. The zero-order valence-electron chi connectivity index (χ0n) is 14.6. The van der Waals surface area contributed by atoms with Crippen LogP contribution in [0.25, 0.3) is 0 Å². The lowest BCUT2D eigenvalue weighted by Gasteiger charge is -2.20. The SMILES string of the molecule is CCNC(=NCc1ncccc1F)NC1CCN(C(=O)C(C)C)C1. The van der Waals surface area contributed by atoms with Crippen LogP contribution in [0.1, 0.15) is 32.9 Å². The van der Waals surface area contributed by atoms with Crippen molar-refractivity contribution in [2.45, 2.75) is 39.8 Å². The summed E-state index contributed by atoms with van der Waals surface area (Å²) in [6.07, 6.45) is 2.43. The zero-order chi connectivity index (χ0) is 17.5. The Balaban J connectivity index is 1.95. The zero-order valence-corrected chi connectivity index (χ0v) is 14.6. The van der Waals surface area contributed by atoms with Gasteiger partial charge in [0.2, 0.25) is 5.91 Å². The predicted molar refractivity (Wildman–Crippen MR) is 92.0 cm³/mol. The lowest BCUT2D eigenvalue weighted by Crippen LogP contribution is -2.45. The van der Waals surface area contributed by atoms with E-state index in [2.05, 4.69) is 20.6 Å². The van der Waals surface area contributed by atoms with Gasteiger partial charge >= 0.3 is 0 Å². The van der Waals surface area contributed by atoms with E-state index in [1.165, 1.54) is 6.07 Å². The number of likely N-dealkylation sites (tertiary alicyclic amines) is 1. The van der Waals surface area contributed by atoms with Crippen LogP contribution in [0.3, 0.4) is 0 Å². The molecule has 0 aliphatic carbocycles. The van der Waals surface area contributed by atoms with Crippen molar-refractivity contribution in [3.8, 4) is 0 Å². The highest BCUT2D eigenvalue weighted by Crippen LogP contribution is 2.13. The minimum atomic E-state index is -0.355. The number of nitrogens with one attached hydrogen (secondary N) is 2. The number of pyridine rings is 1. The number of rotatable bonds is 5. The first-order valence-corrected chi connectivity index (χ1v) is 8.44. The van der Waals surface area contributed by atoms with Crippen molar-refractivity contribution in [2.24, 2.45) is 10.9 Å². The summed E-state index contributed by atoms with van der Waals surface area (Å²) in [6.45, 7) is 8.09. The lowest BCUT2D eigenvalue weighted by molar-refractivity contribution is -0.133. The van der Waals surface area contributed by atoms with E-state index in [1.807, 2.05) is 25.7 Å². The molecule has 1 aliphatic rings. The van der Waals surface area contributed by atoms with Crippen LogP contribution in [0.5, 0.6) is 0 Å². The molecule has 0 spiro atoms. The van der Waals surface area contributed by atoms with Crippen molar-refractivity contribution in [1.29, 1.82) is 0 Å². The molecule has 1 aromatic rings. The molecule has 2 rings (SSSR count). The highest BCUT2D eigenvalue weighted by Gasteiger charge is 2.27. The van der Waals surface area contributed by atoms with Crippen LogP contribution in [0.4, 0.5) is 4.39 Å². The Morgan fingerprint density at radius 3 is 3.00 bits per heavy atom. The second-order valence-corrected chi connectivity index (χ2v) is 6.20. The molecular weight excluding hydrogens is 309 g/mol. The number of hydrogen-bond donors (Lipinski definition) is 2. The summed E-state index contributed by atoms with van der Waals surface area (Å²) in [5, 5.41) is 6.48. The van der Waals surface area contributed by atoms with Gasteiger partial charge in [-0.15, -0.1) is 0 Å². The molecule has 1 amide bonds. The maximum Gasteiger partial charge on any atom is 0.225 e.